The van der Waals surface area contributed by atoms with Crippen molar-refractivity contribution in [1.82, 2.24) is 5.32 Å². The van der Waals surface area contributed by atoms with Crippen LogP contribution in [0.1, 0.15) is 55.8 Å². The first kappa shape index (κ1) is 17.3. The minimum Gasteiger partial charge on any atom is -0.493 e. The SMILES string of the molecule is CCCCCCCCOc1ccc(C(=O)NC)cc1OC. The second-order valence-corrected chi connectivity index (χ2v) is 5.06. The number of hydrogen-bond acceptors (Lipinski definition) is 3. The molecule has 0 saturated carbocycles. The van der Waals surface area contributed by atoms with Crippen LogP contribution < -0.4 is 14.8 Å². The summed E-state index contributed by atoms with van der Waals surface area (Å²) in [4.78, 5) is 11.6. The van der Waals surface area contributed by atoms with E-state index in [1.54, 1.807) is 32.4 Å². The summed E-state index contributed by atoms with van der Waals surface area (Å²) in [6.45, 7) is 2.90. The Morgan fingerprint density at radius 2 is 1.81 bits per heavy atom. The summed E-state index contributed by atoms with van der Waals surface area (Å²) in [7, 11) is 3.19. The fourth-order valence-corrected chi connectivity index (χ4v) is 2.14. The number of hydrogen-bond donors (Lipinski definition) is 1. The highest BCUT2D eigenvalue weighted by Gasteiger charge is 2.09. The molecule has 4 heteroatoms. The van der Waals surface area contributed by atoms with E-state index in [-0.39, 0.29) is 5.91 Å². The Morgan fingerprint density at radius 3 is 2.48 bits per heavy atom. The van der Waals surface area contributed by atoms with Crippen molar-refractivity contribution in [3.8, 4) is 11.5 Å². The highest BCUT2D eigenvalue weighted by Crippen LogP contribution is 2.28. The third-order valence-corrected chi connectivity index (χ3v) is 3.41. The van der Waals surface area contributed by atoms with Gasteiger partial charge in [-0.15, -0.1) is 0 Å². The molecule has 0 aliphatic carbocycles. The lowest BCUT2D eigenvalue weighted by Gasteiger charge is -2.12. The van der Waals surface area contributed by atoms with Crippen molar-refractivity contribution in [3.63, 3.8) is 0 Å². The van der Waals surface area contributed by atoms with E-state index in [9.17, 15) is 4.79 Å². The van der Waals surface area contributed by atoms with E-state index in [1.165, 1.54) is 32.1 Å². The minimum atomic E-state index is -0.129. The molecule has 0 saturated heterocycles. The Morgan fingerprint density at radius 1 is 1.10 bits per heavy atom. The first-order chi connectivity index (χ1) is 10.2. The largest absolute Gasteiger partial charge is 0.493 e. The molecule has 0 aliphatic rings. The minimum absolute atomic E-state index is 0.129. The molecule has 1 aromatic rings. The molecular formula is C17H27NO3. The van der Waals surface area contributed by atoms with E-state index in [0.29, 0.717) is 23.7 Å². The third-order valence-electron chi connectivity index (χ3n) is 3.41. The first-order valence-electron chi connectivity index (χ1n) is 7.75. The molecule has 21 heavy (non-hydrogen) atoms. The van der Waals surface area contributed by atoms with Crippen LogP contribution in [0.5, 0.6) is 11.5 Å². The standard InChI is InChI=1S/C17H27NO3/c1-4-5-6-7-8-9-12-21-15-11-10-14(17(19)18-2)13-16(15)20-3/h10-11,13H,4-9,12H2,1-3H3,(H,18,19). The maximum Gasteiger partial charge on any atom is 0.251 e. The first-order valence-corrected chi connectivity index (χ1v) is 7.75. The number of benzene rings is 1. The summed E-state index contributed by atoms with van der Waals surface area (Å²) < 4.78 is 11.0. The molecule has 0 unspecified atom stereocenters. The monoisotopic (exact) mass is 293 g/mol. The molecule has 1 N–H and O–H groups in total. The van der Waals surface area contributed by atoms with Crippen molar-refractivity contribution < 1.29 is 14.3 Å². The number of ether oxygens (including phenoxy) is 2. The van der Waals surface area contributed by atoms with Gasteiger partial charge in [0.05, 0.1) is 13.7 Å². The molecule has 1 aromatic carbocycles. The normalized spacial score (nSPS) is 10.2. The van der Waals surface area contributed by atoms with E-state index in [4.69, 9.17) is 9.47 Å². The predicted octanol–water partition coefficient (Wildman–Crippen LogP) is 3.79. The summed E-state index contributed by atoms with van der Waals surface area (Å²) in [6.07, 6.45) is 7.40. The molecule has 0 fully saturated rings. The average molecular weight is 293 g/mol. The maximum atomic E-state index is 11.6. The average Bonchev–Trinajstić information content (AvgIpc) is 2.53. The van der Waals surface area contributed by atoms with Crippen LogP contribution in [0.2, 0.25) is 0 Å². The van der Waals surface area contributed by atoms with Gasteiger partial charge in [0.1, 0.15) is 0 Å². The van der Waals surface area contributed by atoms with Gasteiger partial charge in [-0.1, -0.05) is 39.0 Å². The number of unbranched alkanes of at least 4 members (excludes halogenated alkanes) is 5. The third kappa shape index (κ3) is 6.06. The smallest absolute Gasteiger partial charge is 0.251 e. The summed E-state index contributed by atoms with van der Waals surface area (Å²) in [5.41, 5.74) is 0.571. The zero-order chi connectivity index (χ0) is 15.5. The van der Waals surface area contributed by atoms with Crippen molar-refractivity contribution in [1.29, 1.82) is 0 Å². The predicted molar refractivity (Wildman–Crippen MR) is 85.3 cm³/mol. The number of carbonyl (C=O) groups excluding carboxylic acids is 1. The van der Waals surface area contributed by atoms with Crippen LogP contribution in [0.3, 0.4) is 0 Å². The number of carbonyl (C=O) groups is 1. The van der Waals surface area contributed by atoms with Crippen LogP contribution in [0.15, 0.2) is 18.2 Å². The highest BCUT2D eigenvalue weighted by molar-refractivity contribution is 5.94. The Kier molecular flexibility index (Phi) is 8.32. The van der Waals surface area contributed by atoms with Crippen molar-refractivity contribution in [2.24, 2.45) is 0 Å². The van der Waals surface area contributed by atoms with E-state index < -0.39 is 0 Å². The quantitative estimate of drug-likeness (QED) is 0.668. The zero-order valence-corrected chi connectivity index (χ0v) is 13.4. The summed E-state index contributed by atoms with van der Waals surface area (Å²) in [5, 5.41) is 2.59. The van der Waals surface area contributed by atoms with Crippen LogP contribution in [0.25, 0.3) is 0 Å². The Balaban J connectivity index is 2.42. The molecule has 1 amide bonds. The van der Waals surface area contributed by atoms with E-state index in [2.05, 4.69) is 12.2 Å². The lowest BCUT2D eigenvalue weighted by Crippen LogP contribution is -2.17. The molecule has 4 nitrogen and oxygen atoms in total. The molecule has 0 radical (unpaired) electrons. The molecule has 0 atom stereocenters. The van der Waals surface area contributed by atoms with Gasteiger partial charge in [-0.05, 0) is 24.6 Å². The van der Waals surface area contributed by atoms with Gasteiger partial charge in [-0.2, -0.15) is 0 Å². The Bertz CT molecular complexity index is 432. The number of methoxy groups -OCH3 is 1. The van der Waals surface area contributed by atoms with Gasteiger partial charge in [0.2, 0.25) is 0 Å². The molecule has 0 aliphatic heterocycles. The van der Waals surface area contributed by atoms with Gasteiger partial charge in [-0.3, -0.25) is 4.79 Å². The van der Waals surface area contributed by atoms with Crippen molar-refractivity contribution in [2.75, 3.05) is 20.8 Å². The lowest BCUT2D eigenvalue weighted by molar-refractivity contribution is 0.0962. The molecule has 0 spiro atoms. The summed E-state index contributed by atoms with van der Waals surface area (Å²) in [6, 6.07) is 5.24. The summed E-state index contributed by atoms with van der Waals surface area (Å²) >= 11 is 0. The van der Waals surface area contributed by atoms with Gasteiger partial charge >= 0.3 is 0 Å². The highest BCUT2D eigenvalue weighted by atomic mass is 16.5. The van der Waals surface area contributed by atoms with Crippen LogP contribution in [0, 0.1) is 0 Å². The van der Waals surface area contributed by atoms with Gasteiger partial charge in [0.25, 0.3) is 5.91 Å². The second-order valence-electron chi connectivity index (χ2n) is 5.06. The van der Waals surface area contributed by atoms with Crippen LogP contribution >= 0.6 is 0 Å². The molecule has 1 rings (SSSR count). The topological polar surface area (TPSA) is 47.6 Å². The number of rotatable bonds is 10. The van der Waals surface area contributed by atoms with Crippen molar-refractivity contribution in [3.05, 3.63) is 23.8 Å². The van der Waals surface area contributed by atoms with Crippen molar-refractivity contribution >= 4 is 5.91 Å². The molecule has 0 bridgehead atoms. The molecule has 118 valence electrons. The van der Waals surface area contributed by atoms with Gasteiger partial charge in [0, 0.05) is 12.6 Å². The van der Waals surface area contributed by atoms with Crippen molar-refractivity contribution in [2.45, 2.75) is 45.4 Å². The Hall–Kier alpha value is -1.71. The van der Waals surface area contributed by atoms with Crippen LogP contribution in [0.4, 0.5) is 0 Å². The van der Waals surface area contributed by atoms with E-state index in [0.717, 1.165) is 6.42 Å². The summed E-state index contributed by atoms with van der Waals surface area (Å²) in [5.74, 6) is 1.16. The van der Waals surface area contributed by atoms with E-state index >= 15 is 0 Å². The zero-order valence-electron chi connectivity index (χ0n) is 13.4. The fourth-order valence-electron chi connectivity index (χ4n) is 2.14. The van der Waals surface area contributed by atoms with Crippen LogP contribution in [-0.2, 0) is 0 Å². The second kappa shape index (κ2) is 10.1. The van der Waals surface area contributed by atoms with Gasteiger partial charge in [-0.25, -0.2) is 0 Å². The van der Waals surface area contributed by atoms with Crippen LogP contribution in [-0.4, -0.2) is 26.7 Å². The molecular weight excluding hydrogens is 266 g/mol. The number of amides is 1. The Labute approximate surface area is 127 Å². The number of nitrogens with one attached hydrogen (secondary N) is 1. The molecule has 0 heterocycles. The lowest BCUT2D eigenvalue weighted by atomic mass is 10.1. The molecule has 0 aromatic heterocycles. The van der Waals surface area contributed by atoms with Gasteiger partial charge < -0.3 is 14.8 Å². The fraction of sp³-hybridized carbons (Fsp3) is 0.588. The van der Waals surface area contributed by atoms with Gasteiger partial charge in [0.15, 0.2) is 11.5 Å². The van der Waals surface area contributed by atoms with E-state index in [1.807, 2.05) is 0 Å². The maximum absolute atomic E-state index is 11.6.